The zero-order valence-corrected chi connectivity index (χ0v) is 19.3. The van der Waals surface area contributed by atoms with Gasteiger partial charge in [-0.25, -0.2) is 0 Å². The van der Waals surface area contributed by atoms with Crippen LogP contribution in [0.1, 0.15) is 62.4 Å². The van der Waals surface area contributed by atoms with Crippen molar-refractivity contribution in [1.82, 2.24) is 20.1 Å². The summed E-state index contributed by atoms with van der Waals surface area (Å²) >= 11 is 1.65. The van der Waals surface area contributed by atoms with Crippen LogP contribution >= 0.6 is 11.8 Å². The van der Waals surface area contributed by atoms with Gasteiger partial charge in [-0.3, -0.25) is 9.36 Å². The van der Waals surface area contributed by atoms with Gasteiger partial charge in [-0.1, -0.05) is 92.4 Å². The summed E-state index contributed by atoms with van der Waals surface area (Å²) in [5, 5.41) is 12.7. The van der Waals surface area contributed by atoms with E-state index in [1.54, 1.807) is 11.8 Å². The lowest BCUT2D eigenvalue weighted by molar-refractivity contribution is -0.121. The molecule has 0 saturated carbocycles. The Bertz CT molecular complexity index is 938. The third kappa shape index (κ3) is 7.24. The standard InChI is InChI=1S/C25H32N4OS/c1-3-4-5-6-10-13-24(30)26-18-23-27-28-25(31-19-21-11-8-7-9-12-21)29(23)22-16-14-20(2)15-17-22/h7-9,11-12,14-17H,3-6,10,13,18-19H2,1-2H3,(H,26,30). The molecule has 1 aromatic heterocycles. The van der Waals surface area contributed by atoms with Gasteiger partial charge >= 0.3 is 0 Å². The second kappa shape index (κ2) is 12.3. The van der Waals surface area contributed by atoms with Crippen molar-refractivity contribution in [3.05, 3.63) is 71.5 Å². The van der Waals surface area contributed by atoms with E-state index in [-0.39, 0.29) is 5.91 Å². The van der Waals surface area contributed by atoms with Gasteiger partial charge in [-0.2, -0.15) is 0 Å². The molecule has 1 amide bonds. The van der Waals surface area contributed by atoms with Crippen molar-refractivity contribution in [2.24, 2.45) is 0 Å². The summed E-state index contributed by atoms with van der Waals surface area (Å²) in [5.41, 5.74) is 3.45. The van der Waals surface area contributed by atoms with Crippen molar-refractivity contribution in [2.75, 3.05) is 0 Å². The van der Waals surface area contributed by atoms with Gasteiger partial charge in [0.05, 0.1) is 6.54 Å². The highest BCUT2D eigenvalue weighted by atomic mass is 32.2. The van der Waals surface area contributed by atoms with Crippen molar-refractivity contribution in [3.8, 4) is 5.69 Å². The quantitative estimate of drug-likeness (QED) is 0.286. The van der Waals surface area contributed by atoms with Crippen molar-refractivity contribution < 1.29 is 4.79 Å². The highest BCUT2D eigenvalue weighted by Gasteiger charge is 2.15. The van der Waals surface area contributed by atoms with Crippen LogP contribution in [-0.2, 0) is 17.1 Å². The molecule has 3 aromatic rings. The first-order chi connectivity index (χ1) is 15.2. The van der Waals surface area contributed by atoms with Crippen molar-refractivity contribution in [2.45, 2.75) is 69.8 Å². The number of carbonyl (C=O) groups excluding carboxylic acids is 1. The molecule has 0 saturated heterocycles. The number of aryl methyl sites for hydroxylation is 1. The maximum Gasteiger partial charge on any atom is 0.220 e. The minimum Gasteiger partial charge on any atom is -0.349 e. The molecule has 5 nitrogen and oxygen atoms in total. The zero-order valence-electron chi connectivity index (χ0n) is 18.5. The molecule has 1 heterocycles. The van der Waals surface area contributed by atoms with Crippen LogP contribution in [0.2, 0.25) is 0 Å². The van der Waals surface area contributed by atoms with Gasteiger partial charge < -0.3 is 5.32 Å². The van der Waals surface area contributed by atoms with Gasteiger partial charge in [0.25, 0.3) is 0 Å². The third-order valence-electron chi connectivity index (χ3n) is 5.15. The minimum absolute atomic E-state index is 0.0773. The predicted molar refractivity (Wildman–Crippen MR) is 127 cm³/mol. The average Bonchev–Trinajstić information content (AvgIpc) is 3.20. The molecule has 0 aliphatic heterocycles. The monoisotopic (exact) mass is 436 g/mol. The Morgan fingerprint density at radius 3 is 2.45 bits per heavy atom. The Kier molecular flexibility index (Phi) is 9.16. The van der Waals surface area contributed by atoms with E-state index in [1.165, 1.54) is 30.4 Å². The van der Waals surface area contributed by atoms with Crippen molar-refractivity contribution in [1.29, 1.82) is 0 Å². The number of amides is 1. The molecule has 0 fully saturated rings. The number of aromatic nitrogens is 3. The normalized spacial score (nSPS) is 10.9. The maximum atomic E-state index is 12.3. The Hall–Kier alpha value is -2.60. The fourth-order valence-corrected chi connectivity index (χ4v) is 4.27. The number of nitrogens with one attached hydrogen (secondary N) is 1. The van der Waals surface area contributed by atoms with Crippen LogP contribution in [-0.4, -0.2) is 20.7 Å². The van der Waals surface area contributed by atoms with Crippen LogP contribution in [0.25, 0.3) is 5.69 Å². The SMILES string of the molecule is CCCCCCCC(=O)NCc1nnc(SCc2ccccc2)n1-c1ccc(C)cc1. The first-order valence-electron chi connectivity index (χ1n) is 11.1. The molecule has 0 radical (unpaired) electrons. The molecule has 6 heteroatoms. The van der Waals surface area contributed by atoms with E-state index in [0.717, 1.165) is 35.3 Å². The van der Waals surface area contributed by atoms with Crippen LogP contribution in [0.15, 0.2) is 59.8 Å². The molecule has 31 heavy (non-hydrogen) atoms. The Labute approximate surface area is 189 Å². The molecule has 2 aromatic carbocycles. The molecule has 0 atom stereocenters. The Balaban J connectivity index is 1.67. The average molecular weight is 437 g/mol. The molecule has 0 bridgehead atoms. The molecule has 0 aliphatic carbocycles. The number of benzene rings is 2. The molecule has 1 N–H and O–H groups in total. The molecule has 0 spiro atoms. The fourth-order valence-electron chi connectivity index (χ4n) is 3.34. The lowest BCUT2D eigenvalue weighted by Gasteiger charge is -2.11. The van der Waals surface area contributed by atoms with Crippen LogP contribution < -0.4 is 5.32 Å². The number of hydrogen-bond donors (Lipinski definition) is 1. The number of thioether (sulfide) groups is 1. The summed E-state index contributed by atoms with van der Waals surface area (Å²) in [7, 11) is 0. The molecule has 164 valence electrons. The second-order valence-electron chi connectivity index (χ2n) is 7.78. The van der Waals surface area contributed by atoms with Crippen molar-refractivity contribution >= 4 is 17.7 Å². The van der Waals surface area contributed by atoms with E-state index in [1.807, 2.05) is 18.2 Å². The van der Waals surface area contributed by atoms with E-state index in [0.29, 0.717) is 13.0 Å². The van der Waals surface area contributed by atoms with Gasteiger partial charge in [0.2, 0.25) is 5.91 Å². The third-order valence-corrected chi connectivity index (χ3v) is 6.15. The highest BCUT2D eigenvalue weighted by molar-refractivity contribution is 7.98. The number of nitrogens with zero attached hydrogens (tertiary/aromatic N) is 3. The Morgan fingerprint density at radius 1 is 0.968 bits per heavy atom. The summed E-state index contributed by atoms with van der Waals surface area (Å²) in [5.74, 6) is 1.64. The van der Waals surface area contributed by atoms with Gasteiger partial charge in [0.15, 0.2) is 11.0 Å². The van der Waals surface area contributed by atoms with Gasteiger partial charge in [0, 0.05) is 17.9 Å². The second-order valence-corrected chi connectivity index (χ2v) is 8.73. The van der Waals surface area contributed by atoms with Crippen LogP contribution in [0.5, 0.6) is 0 Å². The van der Waals surface area contributed by atoms with E-state index in [4.69, 9.17) is 0 Å². The summed E-state index contributed by atoms with van der Waals surface area (Å²) in [6.07, 6.45) is 6.28. The first kappa shape index (κ1) is 23.1. The van der Waals surface area contributed by atoms with E-state index >= 15 is 0 Å². The smallest absolute Gasteiger partial charge is 0.220 e. The largest absolute Gasteiger partial charge is 0.349 e. The molecular weight excluding hydrogens is 404 g/mol. The van der Waals surface area contributed by atoms with Gasteiger partial charge in [-0.15, -0.1) is 10.2 Å². The van der Waals surface area contributed by atoms with Gasteiger partial charge in [-0.05, 0) is 31.0 Å². The van der Waals surface area contributed by atoms with Crippen LogP contribution in [0, 0.1) is 6.92 Å². The maximum absolute atomic E-state index is 12.3. The summed E-state index contributed by atoms with van der Waals surface area (Å²) < 4.78 is 2.05. The van der Waals surface area contributed by atoms with Crippen molar-refractivity contribution in [3.63, 3.8) is 0 Å². The van der Waals surface area contributed by atoms with E-state index in [2.05, 4.69) is 70.3 Å². The number of rotatable bonds is 12. The highest BCUT2D eigenvalue weighted by Crippen LogP contribution is 2.25. The lowest BCUT2D eigenvalue weighted by Crippen LogP contribution is -2.24. The topological polar surface area (TPSA) is 59.8 Å². The minimum atomic E-state index is 0.0773. The predicted octanol–water partition coefficient (Wildman–Crippen LogP) is 5.84. The summed E-state index contributed by atoms with van der Waals surface area (Å²) in [6, 6.07) is 18.7. The fraction of sp³-hybridized carbons (Fsp3) is 0.400. The molecule has 0 aliphatic rings. The first-order valence-corrected chi connectivity index (χ1v) is 12.1. The van der Waals surface area contributed by atoms with Crippen LogP contribution in [0.4, 0.5) is 0 Å². The molecule has 0 unspecified atom stereocenters. The van der Waals surface area contributed by atoms with E-state index in [9.17, 15) is 4.79 Å². The Morgan fingerprint density at radius 2 is 1.71 bits per heavy atom. The van der Waals surface area contributed by atoms with E-state index < -0.39 is 0 Å². The molecule has 3 rings (SSSR count). The number of unbranched alkanes of at least 4 members (excludes halogenated alkanes) is 4. The van der Waals surface area contributed by atoms with Gasteiger partial charge in [0.1, 0.15) is 0 Å². The summed E-state index contributed by atoms with van der Waals surface area (Å²) in [6.45, 7) is 4.65. The summed E-state index contributed by atoms with van der Waals surface area (Å²) in [4.78, 5) is 12.3. The van der Waals surface area contributed by atoms with Crippen LogP contribution in [0.3, 0.4) is 0 Å². The lowest BCUT2D eigenvalue weighted by atomic mass is 10.1. The molecular formula is C25H32N4OS. The number of carbonyl (C=O) groups is 1. The zero-order chi connectivity index (χ0) is 21.9. The number of hydrogen-bond acceptors (Lipinski definition) is 4.